The van der Waals surface area contributed by atoms with E-state index in [2.05, 4.69) is 0 Å². The third-order valence-corrected chi connectivity index (χ3v) is 3.13. The molecule has 0 radical (unpaired) electrons. The fourth-order valence-corrected chi connectivity index (χ4v) is 2.00. The first-order chi connectivity index (χ1) is 10.7. The average Bonchev–Trinajstić information content (AvgIpc) is 2.52. The Labute approximate surface area is 129 Å². The minimum atomic E-state index is 0.178. The summed E-state index contributed by atoms with van der Waals surface area (Å²) in [6.45, 7) is 2.04. The number of hydrogen-bond donors (Lipinski definition) is 1. The third kappa shape index (κ3) is 3.58. The van der Waals surface area contributed by atoms with Crippen LogP contribution < -0.4 is 9.47 Å². The van der Waals surface area contributed by atoms with Gasteiger partial charge in [0.05, 0.1) is 0 Å². The number of benzene rings is 3. The molecular formula is C19H16O3. The van der Waals surface area contributed by atoms with Crippen LogP contribution >= 0.6 is 0 Å². The fraction of sp³-hybridized carbons (Fsp3) is 0.0526. The summed E-state index contributed by atoms with van der Waals surface area (Å²) in [5.41, 5.74) is 1.20. The van der Waals surface area contributed by atoms with Crippen molar-refractivity contribution in [3.8, 4) is 28.7 Å². The lowest BCUT2D eigenvalue weighted by atomic mass is 10.2. The van der Waals surface area contributed by atoms with Crippen molar-refractivity contribution in [2.45, 2.75) is 6.92 Å². The van der Waals surface area contributed by atoms with Gasteiger partial charge in [-0.3, -0.25) is 0 Å². The van der Waals surface area contributed by atoms with Gasteiger partial charge in [-0.1, -0.05) is 23.8 Å². The molecule has 0 atom stereocenters. The molecule has 22 heavy (non-hydrogen) atoms. The molecule has 0 saturated heterocycles. The van der Waals surface area contributed by atoms with E-state index in [9.17, 15) is 5.11 Å². The zero-order valence-corrected chi connectivity index (χ0v) is 12.2. The summed E-state index contributed by atoms with van der Waals surface area (Å²) in [5, 5.41) is 9.42. The summed E-state index contributed by atoms with van der Waals surface area (Å²) in [7, 11) is 0. The standard InChI is InChI=1S/C19H16O3/c1-14-5-7-16(8-6-14)21-17-9-11-18(12-10-17)22-19-4-2-3-15(20)13-19/h2-13,20H,1H3. The summed E-state index contributed by atoms with van der Waals surface area (Å²) in [5.74, 6) is 2.99. The monoisotopic (exact) mass is 292 g/mol. The van der Waals surface area contributed by atoms with Crippen molar-refractivity contribution in [2.24, 2.45) is 0 Å². The number of rotatable bonds is 4. The van der Waals surface area contributed by atoms with Crippen LogP contribution in [0.4, 0.5) is 0 Å². The predicted molar refractivity (Wildman–Crippen MR) is 85.9 cm³/mol. The van der Waals surface area contributed by atoms with Gasteiger partial charge >= 0.3 is 0 Å². The van der Waals surface area contributed by atoms with Gasteiger partial charge in [-0.05, 0) is 55.5 Å². The lowest BCUT2D eigenvalue weighted by Gasteiger charge is -2.08. The fourth-order valence-electron chi connectivity index (χ4n) is 2.00. The Bertz CT molecular complexity index is 746. The van der Waals surface area contributed by atoms with E-state index in [-0.39, 0.29) is 5.75 Å². The summed E-state index contributed by atoms with van der Waals surface area (Å²) in [4.78, 5) is 0. The molecule has 0 aromatic heterocycles. The van der Waals surface area contributed by atoms with Gasteiger partial charge < -0.3 is 14.6 Å². The third-order valence-electron chi connectivity index (χ3n) is 3.13. The maximum Gasteiger partial charge on any atom is 0.131 e. The molecule has 0 aliphatic heterocycles. The first-order valence-electron chi connectivity index (χ1n) is 7.00. The predicted octanol–water partition coefficient (Wildman–Crippen LogP) is 5.29. The van der Waals surface area contributed by atoms with Crippen molar-refractivity contribution in [2.75, 3.05) is 0 Å². The van der Waals surface area contributed by atoms with E-state index in [0.717, 1.165) is 11.5 Å². The first-order valence-corrected chi connectivity index (χ1v) is 7.00. The number of phenols is 1. The number of aromatic hydroxyl groups is 1. The van der Waals surface area contributed by atoms with Crippen LogP contribution in [0.1, 0.15) is 5.56 Å². The van der Waals surface area contributed by atoms with Gasteiger partial charge in [0, 0.05) is 6.07 Å². The van der Waals surface area contributed by atoms with Crippen LogP contribution in [0.15, 0.2) is 72.8 Å². The van der Waals surface area contributed by atoms with Crippen molar-refractivity contribution in [1.82, 2.24) is 0 Å². The molecule has 3 heteroatoms. The lowest BCUT2D eigenvalue weighted by molar-refractivity contribution is 0.452. The molecule has 1 N–H and O–H groups in total. The summed E-state index contributed by atoms with van der Waals surface area (Å²) in [6, 6.07) is 21.9. The Morgan fingerprint density at radius 2 is 1.14 bits per heavy atom. The van der Waals surface area contributed by atoms with E-state index >= 15 is 0 Å². The Balaban J connectivity index is 1.68. The van der Waals surface area contributed by atoms with Crippen LogP contribution in [0, 0.1) is 6.92 Å². The first kappa shape index (κ1) is 14.0. The molecular weight excluding hydrogens is 276 g/mol. The minimum absolute atomic E-state index is 0.178. The molecule has 3 aromatic carbocycles. The van der Waals surface area contributed by atoms with Crippen molar-refractivity contribution >= 4 is 0 Å². The number of hydrogen-bond acceptors (Lipinski definition) is 3. The molecule has 0 spiro atoms. The molecule has 110 valence electrons. The molecule has 3 aromatic rings. The lowest BCUT2D eigenvalue weighted by Crippen LogP contribution is -1.86. The molecule has 3 nitrogen and oxygen atoms in total. The van der Waals surface area contributed by atoms with Gasteiger partial charge in [0.1, 0.15) is 28.7 Å². The molecule has 0 heterocycles. The SMILES string of the molecule is Cc1ccc(Oc2ccc(Oc3cccc(O)c3)cc2)cc1. The van der Waals surface area contributed by atoms with Crippen molar-refractivity contribution < 1.29 is 14.6 Å². The Hall–Kier alpha value is -2.94. The van der Waals surface area contributed by atoms with Gasteiger partial charge in [-0.15, -0.1) is 0 Å². The van der Waals surface area contributed by atoms with E-state index in [4.69, 9.17) is 9.47 Å². The molecule has 0 aliphatic carbocycles. The number of aryl methyl sites for hydroxylation is 1. The Kier molecular flexibility index (Phi) is 3.97. The molecule has 0 fully saturated rings. The quantitative estimate of drug-likeness (QED) is 0.710. The highest BCUT2D eigenvalue weighted by molar-refractivity contribution is 5.39. The van der Waals surface area contributed by atoms with E-state index in [1.807, 2.05) is 55.5 Å². The van der Waals surface area contributed by atoms with Gasteiger partial charge in [-0.25, -0.2) is 0 Å². The number of phenolic OH excluding ortho intramolecular Hbond substituents is 1. The summed E-state index contributed by atoms with van der Waals surface area (Å²) in [6.07, 6.45) is 0. The number of ether oxygens (including phenoxy) is 2. The van der Waals surface area contributed by atoms with E-state index in [1.165, 1.54) is 5.56 Å². The second-order valence-electron chi connectivity index (χ2n) is 4.99. The van der Waals surface area contributed by atoms with Gasteiger partial charge in [0.2, 0.25) is 0 Å². The van der Waals surface area contributed by atoms with E-state index in [1.54, 1.807) is 24.3 Å². The normalized spacial score (nSPS) is 10.2. The maximum atomic E-state index is 9.42. The smallest absolute Gasteiger partial charge is 0.131 e. The van der Waals surface area contributed by atoms with Crippen molar-refractivity contribution in [1.29, 1.82) is 0 Å². The maximum absolute atomic E-state index is 9.42. The van der Waals surface area contributed by atoms with E-state index in [0.29, 0.717) is 11.5 Å². The van der Waals surface area contributed by atoms with Crippen LogP contribution in [0.25, 0.3) is 0 Å². The Morgan fingerprint density at radius 3 is 1.68 bits per heavy atom. The largest absolute Gasteiger partial charge is 0.508 e. The minimum Gasteiger partial charge on any atom is -0.508 e. The second kappa shape index (κ2) is 6.22. The highest BCUT2D eigenvalue weighted by Gasteiger charge is 2.01. The topological polar surface area (TPSA) is 38.7 Å². The molecule has 0 saturated carbocycles. The van der Waals surface area contributed by atoms with Crippen LogP contribution in [-0.4, -0.2) is 5.11 Å². The summed E-state index contributed by atoms with van der Waals surface area (Å²) < 4.78 is 11.4. The molecule has 3 rings (SSSR count). The van der Waals surface area contributed by atoms with Gasteiger partial charge in [0.25, 0.3) is 0 Å². The zero-order valence-electron chi connectivity index (χ0n) is 12.2. The van der Waals surface area contributed by atoms with Gasteiger partial charge in [0.15, 0.2) is 0 Å². The highest BCUT2D eigenvalue weighted by Crippen LogP contribution is 2.28. The average molecular weight is 292 g/mol. The zero-order chi connectivity index (χ0) is 15.4. The summed E-state index contributed by atoms with van der Waals surface area (Å²) >= 11 is 0. The molecule has 0 unspecified atom stereocenters. The van der Waals surface area contributed by atoms with Crippen molar-refractivity contribution in [3.63, 3.8) is 0 Å². The second-order valence-corrected chi connectivity index (χ2v) is 4.99. The van der Waals surface area contributed by atoms with Crippen LogP contribution in [0.5, 0.6) is 28.7 Å². The molecule has 0 aliphatic rings. The van der Waals surface area contributed by atoms with E-state index < -0.39 is 0 Å². The van der Waals surface area contributed by atoms with Crippen LogP contribution in [0.3, 0.4) is 0 Å². The van der Waals surface area contributed by atoms with Crippen molar-refractivity contribution in [3.05, 3.63) is 78.4 Å². The van der Waals surface area contributed by atoms with Crippen LogP contribution in [-0.2, 0) is 0 Å². The Morgan fingerprint density at radius 1 is 0.636 bits per heavy atom. The highest BCUT2D eigenvalue weighted by atomic mass is 16.5. The molecule has 0 bridgehead atoms. The van der Waals surface area contributed by atoms with Gasteiger partial charge in [-0.2, -0.15) is 0 Å². The molecule has 0 amide bonds. The van der Waals surface area contributed by atoms with Crippen LogP contribution in [0.2, 0.25) is 0 Å².